The third kappa shape index (κ3) is 1.30. The number of nitrogens with zero attached hydrogens (tertiary/aromatic N) is 3. The van der Waals surface area contributed by atoms with Crippen molar-refractivity contribution < 1.29 is 4.79 Å². The van der Waals surface area contributed by atoms with Crippen molar-refractivity contribution in [1.29, 1.82) is 0 Å². The summed E-state index contributed by atoms with van der Waals surface area (Å²) in [4.78, 5) is 18.7. The first-order valence-corrected chi connectivity index (χ1v) is 6.59. The van der Waals surface area contributed by atoms with Gasteiger partial charge < -0.3 is 9.47 Å². The highest BCUT2D eigenvalue weighted by molar-refractivity contribution is 5.81. The van der Waals surface area contributed by atoms with Crippen LogP contribution in [0.25, 0.3) is 0 Å². The highest BCUT2D eigenvalue weighted by atomic mass is 16.2. The largest absolute Gasteiger partial charge is 0.341 e. The third-order valence-corrected chi connectivity index (χ3v) is 4.61. The number of aryl methyl sites for hydroxylation is 1. The molecule has 1 saturated carbocycles. The fourth-order valence-corrected chi connectivity index (χ4v) is 3.43. The minimum absolute atomic E-state index is 0.175. The van der Waals surface area contributed by atoms with Crippen LogP contribution >= 0.6 is 0 Å². The van der Waals surface area contributed by atoms with Crippen LogP contribution < -0.4 is 0 Å². The fourth-order valence-electron chi connectivity index (χ4n) is 3.43. The molecule has 90 valence electrons. The van der Waals surface area contributed by atoms with Crippen LogP contribution in [0.5, 0.6) is 0 Å². The molecular formula is C13H17N3O. The molecule has 1 aromatic rings. The number of rotatable bonds is 1. The van der Waals surface area contributed by atoms with Gasteiger partial charge in [0.25, 0.3) is 0 Å². The number of hydrogen-bond acceptors (Lipinski definition) is 2. The first kappa shape index (κ1) is 9.68. The van der Waals surface area contributed by atoms with Crippen LogP contribution in [0.2, 0.25) is 0 Å². The Balaban J connectivity index is 1.60. The molecule has 3 heterocycles. The number of imidazole rings is 1. The normalized spacial score (nSPS) is 31.2. The van der Waals surface area contributed by atoms with Gasteiger partial charge >= 0.3 is 0 Å². The lowest BCUT2D eigenvalue weighted by molar-refractivity contribution is -0.131. The lowest BCUT2D eigenvalue weighted by atomic mass is 9.85. The number of likely N-dealkylation sites (tertiary alicyclic amines) is 1. The van der Waals surface area contributed by atoms with E-state index in [0.29, 0.717) is 11.8 Å². The maximum Gasteiger partial charge on any atom is 0.225 e. The molecule has 0 radical (unpaired) electrons. The van der Waals surface area contributed by atoms with Crippen molar-refractivity contribution in [3.05, 3.63) is 18.2 Å². The Morgan fingerprint density at radius 1 is 1.35 bits per heavy atom. The first-order chi connectivity index (χ1) is 8.28. The molecule has 2 fully saturated rings. The molecule has 4 heteroatoms. The minimum atomic E-state index is 0.175. The highest BCUT2D eigenvalue weighted by Crippen LogP contribution is 2.43. The maximum absolute atomic E-state index is 12.1. The fraction of sp³-hybridized carbons (Fsp3) is 0.692. The average Bonchev–Trinajstić information content (AvgIpc) is 2.80. The molecule has 3 aliphatic rings. The quantitative estimate of drug-likeness (QED) is 0.727. The van der Waals surface area contributed by atoms with Crippen molar-refractivity contribution in [2.24, 2.45) is 5.92 Å². The molecule has 1 unspecified atom stereocenters. The van der Waals surface area contributed by atoms with Gasteiger partial charge in [0.1, 0.15) is 5.82 Å². The molecule has 1 saturated heterocycles. The predicted molar refractivity (Wildman–Crippen MR) is 62.4 cm³/mol. The highest BCUT2D eigenvalue weighted by Gasteiger charge is 2.48. The summed E-state index contributed by atoms with van der Waals surface area (Å²) in [5, 5.41) is 0. The maximum atomic E-state index is 12.1. The number of amides is 1. The zero-order valence-corrected chi connectivity index (χ0v) is 9.93. The Morgan fingerprint density at radius 3 is 3.00 bits per heavy atom. The van der Waals surface area contributed by atoms with E-state index >= 15 is 0 Å². The second-order valence-electron chi connectivity index (χ2n) is 5.76. The molecule has 4 nitrogen and oxygen atoms in total. The van der Waals surface area contributed by atoms with E-state index in [2.05, 4.69) is 20.6 Å². The van der Waals surface area contributed by atoms with Crippen LogP contribution in [0, 0.1) is 5.92 Å². The number of carbonyl (C=O) groups is 1. The van der Waals surface area contributed by atoms with Crippen molar-refractivity contribution in [3.63, 3.8) is 0 Å². The monoisotopic (exact) mass is 231 g/mol. The van der Waals surface area contributed by atoms with Crippen LogP contribution in [0.1, 0.15) is 31.5 Å². The lowest BCUT2D eigenvalue weighted by Crippen LogP contribution is -2.34. The first-order valence-electron chi connectivity index (χ1n) is 6.59. The van der Waals surface area contributed by atoms with Crippen molar-refractivity contribution in [1.82, 2.24) is 14.5 Å². The van der Waals surface area contributed by atoms with Gasteiger partial charge in [-0.2, -0.15) is 0 Å². The van der Waals surface area contributed by atoms with Crippen molar-refractivity contribution in [3.8, 4) is 0 Å². The van der Waals surface area contributed by atoms with Gasteiger partial charge in [0.2, 0.25) is 5.91 Å². The van der Waals surface area contributed by atoms with Gasteiger partial charge in [-0.05, 0) is 25.7 Å². The van der Waals surface area contributed by atoms with E-state index in [0.717, 1.165) is 45.3 Å². The van der Waals surface area contributed by atoms with Gasteiger partial charge in [-0.1, -0.05) is 0 Å². The predicted octanol–water partition coefficient (Wildman–Crippen LogP) is 1.17. The molecule has 17 heavy (non-hydrogen) atoms. The molecule has 0 N–H and O–H groups in total. The lowest BCUT2D eigenvalue weighted by Gasteiger charge is -2.22. The topological polar surface area (TPSA) is 38.1 Å². The van der Waals surface area contributed by atoms with Crippen molar-refractivity contribution in [2.75, 3.05) is 13.1 Å². The summed E-state index contributed by atoms with van der Waals surface area (Å²) in [6.45, 7) is 2.91. The van der Waals surface area contributed by atoms with Gasteiger partial charge in [0, 0.05) is 43.4 Å². The molecule has 1 spiro atoms. The summed E-state index contributed by atoms with van der Waals surface area (Å²) in [7, 11) is 0. The molecule has 1 aliphatic carbocycles. The zero-order valence-electron chi connectivity index (χ0n) is 9.93. The summed E-state index contributed by atoms with van der Waals surface area (Å²) in [6.07, 6.45) is 8.43. The standard InChI is InChI=1S/C13H17N3O/c17-11(10-1-2-10)16-7-4-13(9-16)3-6-15-8-5-14-12(13)15/h5,8,10H,1-4,6-7,9H2. The van der Waals surface area contributed by atoms with E-state index < -0.39 is 0 Å². The van der Waals surface area contributed by atoms with Crippen LogP contribution in [-0.2, 0) is 16.8 Å². The van der Waals surface area contributed by atoms with E-state index in [1.54, 1.807) is 0 Å². The van der Waals surface area contributed by atoms with E-state index in [1.165, 1.54) is 5.82 Å². The van der Waals surface area contributed by atoms with Gasteiger partial charge in [-0.3, -0.25) is 4.79 Å². The summed E-state index contributed by atoms with van der Waals surface area (Å²) in [6, 6.07) is 0. The SMILES string of the molecule is O=C(C1CC1)N1CCC2(CCn3ccnc32)C1. The second-order valence-corrected chi connectivity index (χ2v) is 5.76. The Morgan fingerprint density at radius 2 is 2.18 bits per heavy atom. The van der Waals surface area contributed by atoms with E-state index in [4.69, 9.17) is 0 Å². The van der Waals surface area contributed by atoms with Gasteiger partial charge in [0.15, 0.2) is 0 Å². The van der Waals surface area contributed by atoms with Crippen LogP contribution in [0.3, 0.4) is 0 Å². The molecular weight excluding hydrogens is 214 g/mol. The molecule has 0 aromatic carbocycles. The van der Waals surface area contributed by atoms with E-state index in [1.807, 2.05) is 6.20 Å². The van der Waals surface area contributed by atoms with Crippen LogP contribution in [0.15, 0.2) is 12.4 Å². The average molecular weight is 231 g/mol. The smallest absolute Gasteiger partial charge is 0.225 e. The van der Waals surface area contributed by atoms with E-state index in [-0.39, 0.29) is 5.41 Å². The third-order valence-electron chi connectivity index (χ3n) is 4.61. The Bertz CT molecular complexity index is 477. The zero-order chi connectivity index (χ0) is 11.5. The molecule has 2 aliphatic heterocycles. The number of aromatic nitrogens is 2. The van der Waals surface area contributed by atoms with Crippen molar-refractivity contribution >= 4 is 5.91 Å². The Kier molecular flexibility index (Phi) is 1.78. The molecule has 4 rings (SSSR count). The van der Waals surface area contributed by atoms with Crippen molar-refractivity contribution in [2.45, 2.75) is 37.6 Å². The Labute approximate surface area is 101 Å². The number of fused-ring (bicyclic) bond motifs is 2. The Hall–Kier alpha value is -1.32. The van der Waals surface area contributed by atoms with Gasteiger partial charge in [-0.25, -0.2) is 4.98 Å². The van der Waals surface area contributed by atoms with Gasteiger partial charge in [0.05, 0.1) is 0 Å². The molecule has 1 aromatic heterocycles. The molecule has 1 amide bonds. The van der Waals surface area contributed by atoms with Crippen LogP contribution in [-0.4, -0.2) is 33.4 Å². The summed E-state index contributed by atoms with van der Waals surface area (Å²) < 4.78 is 2.26. The minimum Gasteiger partial charge on any atom is -0.341 e. The van der Waals surface area contributed by atoms with Crippen LogP contribution in [0.4, 0.5) is 0 Å². The van der Waals surface area contributed by atoms with E-state index in [9.17, 15) is 4.79 Å². The number of carbonyl (C=O) groups excluding carboxylic acids is 1. The second kappa shape index (κ2) is 3.12. The molecule has 1 atom stereocenters. The summed E-state index contributed by atoms with van der Waals surface area (Å²) >= 11 is 0. The molecule has 0 bridgehead atoms. The summed E-state index contributed by atoms with van der Waals surface area (Å²) in [5.74, 6) is 1.96. The summed E-state index contributed by atoms with van der Waals surface area (Å²) in [5.41, 5.74) is 0.175. The van der Waals surface area contributed by atoms with Gasteiger partial charge in [-0.15, -0.1) is 0 Å². The number of hydrogen-bond donors (Lipinski definition) is 0.